The minimum atomic E-state index is -0.381. The third-order valence-electron chi connectivity index (χ3n) is 3.58. The summed E-state index contributed by atoms with van der Waals surface area (Å²) < 4.78 is 18.4. The van der Waals surface area contributed by atoms with Crippen molar-refractivity contribution >= 4 is 0 Å². The van der Waals surface area contributed by atoms with Crippen LogP contribution in [0.25, 0.3) is 0 Å². The van der Waals surface area contributed by atoms with E-state index in [1.54, 1.807) is 6.07 Å². The average molecular weight is 282 g/mol. The summed E-state index contributed by atoms with van der Waals surface area (Å²) >= 11 is 0. The van der Waals surface area contributed by atoms with Crippen molar-refractivity contribution in [3.8, 4) is 5.75 Å². The first-order valence-corrected chi connectivity index (χ1v) is 7.67. The molecule has 0 aliphatic rings. The first-order chi connectivity index (χ1) is 9.67. The van der Waals surface area contributed by atoms with Crippen molar-refractivity contribution in [2.45, 2.75) is 64.4 Å². The Morgan fingerprint density at radius 1 is 1.15 bits per heavy atom. The van der Waals surface area contributed by atoms with Crippen molar-refractivity contribution in [1.29, 1.82) is 0 Å². The zero-order valence-corrected chi connectivity index (χ0v) is 12.7. The maximum absolute atomic E-state index is 13.5. The quantitative estimate of drug-likeness (QED) is 0.641. The van der Waals surface area contributed by atoms with Crippen LogP contribution in [0.15, 0.2) is 18.2 Å². The molecule has 0 bridgehead atoms. The SMILES string of the molecule is CCCCCCCCC(O)Cc1ccc(OC)c(F)c1. The van der Waals surface area contributed by atoms with Crippen molar-refractivity contribution in [2.24, 2.45) is 0 Å². The molecule has 0 spiro atoms. The summed E-state index contributed by atoms with van der Waals surface area (Å²) in [5.74, 6) is -0.115. The highest BCUT2D eigenvalue weighted by atomic mass is 19.1. The van der Waals surface area contributed by atoms with E-state index in [0.29, 0.717) is 6.42 Å². The smallest absolute Gasteiger partial charge is 0.165 e. The number of unbranched alkanes of at least 4 members (excludes halogenated alkanes) is 5. The molecule has 20 heavy (non-hydrogen) atoms. The van der Waals surface area contributed by atoms with E-state index in [-0.39, 0.29) is 17.7 Å². The maximum Gasteiger partial charge on any atom is 0.165 e. The topological polar surface area (TPSA) is 29.5 Å². The van der Waals surface area contributed by atoms with Crippen LogP contribution in [0.2, 0.25) is 0 Å². The maximum atomic E-state index is 13.5. The van der Waals surface area contributed by atoms with E-state index in [0.717, 1.165) is 18.4 Å². The normalized spacial score (nSPS) is 12.4. The van der Waals surface area contributed by atoms with Gasteiger partial charge in [0.15, 0.2) is 11.6 Å². The minimum absolute atomic E-state index is 0.249. The van der Waals surface area contributed by atoms with Crippen LogP contribution in [0, 0.1) is 5.82 Å². The fourth-order valence-electron chi connectivity index (χ4n) is 2.37. The number of hydrogen-bond acceptors (Lipinski definition) is 2. The second kappa shape index (κ2) is 9.76. The Morgan fingerprint density at radius 2 is 1.85 bits per heavy atom. The molecule has 2 nitrogen and oxygen atoms in total. The summed E-state index contributed by atoms with van der Waals surface area (Å²) in [6.45, 7) is 2.21. The molecule has 1 aromatic rings. The van der Waals surface area contributed by atoms with Gasteiger partial charge < -0.3 is 9.84 Å². The molecule has 0 radical (unpaired) electrons. The number of benzene rings is 1. The first-order valence-electron chi connectivity index (χ1n) is 7.67. The number of aliphatic hydroxyl groups is 1. The summed E-state index contributed by atoms with van der Waals surface area (Å²) in [7, 11) is 1.45. The molecule has 1 unspecified atom stereocenters. The molecule has 1 N–H and O–H groups in total. The molecule has 0 heterocycles. The lowest BCUT2D eigenvalue weighted by molar-refractivity contribution is 0.160. The van der Waals surface area contributed by atoms with Gasteiger partial charge in [-0.15, -0.1) is 0 Å². The minimum Gasteiger partial charge on any atom is -0.494 e. The largest absolute Gasteiger partial charge is 0.494 e. The van der Waals surface area contributed by atoms with Crippen molar-refractivity contribution in [2.75, 3.05) is 7.11 Å². The van der Waals surface area contributed by atoms with Crippen LogP contribution >= 0.6 is 0 Å². The van der Waals surface area contributed by atoms with Gasteiger partial charge in [-0.25, -0.2) is 4.39 Å². The highest BCUT2D eigenvalue weighted by molar-refractivity contribution is 5.29. The van der Waals surface area contributed by atoms with Gasteiger partial charge in [-0.2, -0.15) is 0 Å². The summed E-state index contributed by atoms with van der Waals surface area (Å²) in [5, 5.41) is 9.97. The summed E-state index contributed by atoms with van der Waals surface area (Å²) in [6, 6.07) is 4.87. The highest BCUT2D eigenvalue weighted by Gasteiger charge is 2.08. The molecule has 0 aliphatic carbocycles. The Balaban J connectivity index is 2.24. The zero-order valence-electron chi connectivity index (χ0n) is 12.7. The second-order valence-corrected chi connectivity index (χ2v) is 5.38. The molecule has 0 aliphatic heterocycles. The monoisotopic (exact) mass is 282 g/mol. The molecule has 1 aromatic carbocycles. The van der Waals surface area contributed by atoms with Crippen molar-refractivity contribution in [3.05, 3.63) is 29.6 Å². The van der Waals surface area contributed by atoms with E-state index in [1.807, 2.05) is 6.07 Å². The van der Waals surface area contributed by atoms with Crippen LogP contribution in [0.1, 0.15) is 57.4 Å². The average Bonchev–Trinajstić information content (AvgIpc) is 2.43. The lowest BCUT2D eigenvalue weighted by Crippen LogP contribution is -2.10. The van der Waals surface area contributed by atoms with Crippen LogP contribution in [-0.2, 0) is 6.42 Å². The fraction of sp³-hybridized carbons (Fsp3) is 0.647. The molecule has 0 saturated heterocycles. The van der Waals surface area contributed by atoms with Gasteiger partial charge in [0, 0.05) is 0 Å². The Labute approximate surface area is 122 Å². The van der Waals surface area contributed by atoms with Crippen LogP contribution in [-0.4, -0.2) is 18.3 Å². The number of rotatable bonds is 10. The lowest BCUT2D eigenvalue weighted by atomic mass is 10.0. The van der Waals surface area contributed by atoms with Gasteiger partial charge in [-0.05, 0) is 30.5 Å². The molecule has 0 aromatic heterocycles. The third-order valence-corrected chi connectivity index (χ3v) is 3.58. The number of ether oxygens (including phenoxy) is 1. The molecular weight excluding hydrogens is 255 g/mol. The molecule has 0 amide bonds. The predicted octanol–water partition coefficient (Wildman–Crippen LogP) is 4.49. The fourth-order valence-corrected chi connectivity index (χ4v) is 2.37. The van der Waals surface area contributed by atoms with Gasteiger partial charge in [0.25, 0.3) is 0 Å². The summed E-state index contributed by atoms with van der Waals surface area (Å²) in [5.41, 5.74) is 0.821. The van der Waals surface area contributed by atoms with E-state index in [4.69, 9.17) is 4.74 Å². The number of halogens is 1. The Hall–Kier alpha value is -1.09. The molecule has 114 valence electrons. The number of aliphatic hydroxyl groups excluding tert-OH is 1. The van der Waals surface area contributed by atoms with E-state index in [9.17, 15) is 9.50 Å². The van der Waals surface area contributed by atoms with Gasteiger partial charge in [0.1, 0.15) is 0 Å². The van der Waals surface area contributed by atoms with Crippen molar-refractivity contribution in [1.82, 2.24) is 0 Å². The Bertz CT molecular complexity index is 379. The lowest BCUT2D eigenvalue weighted by Gasteiger charge is -2.11. The Morgan fingerprint density at radius 3 is 2.50 bits per heavy atom. The van der Waals surface area contributed by atoms with E-state index in [1.165, 1.54) is 45.3 Å². The van der Waals surface area contributed by atoms with Crippen LogP contribution in [0.5, 0.6) is 5.75 Å². The Kier molecular flexibility index (Phi) is 8.28. The van der Waals surface area contributed by atoms with Crippen LogP contribution in [0.4, 0.5) is 4.39 Å². The molecule has 1 atom stereocenters. The molecule has 0 fully saturated rings. The van der Waals surface area contributed by atoms with Gasteiger partial charge in [-0.3, -0.25) is 0 Å². The zero-order chi connectivity index (χ0) is 14.8. The van der Waals surface area contributed by atoms with Gasteiger partial charge >= 0.3 is 0 Å². The number of methoxy groups -OCH3 is 1. The first kappa shape index (κ1) is 17.0. The van der Waals surface area contributed by atoms with Crippen molar-refractivity contribution < 1.29 is 14.2 Å². The second-order valence-electron chi connectivity index (χ2n) is 5.38. The molecule has 0 saturated carbocycles. The van der Waals surface area contributed by atoms with Gasteiger partial charge in [-0.1, -0.05) is 51.5 Å². The van der Waals surface area contributed by atoms with E-state index in [2.05, 4.69) is 6.92 Å². The highest BCUT2D eigenvalue weighted by Crippen LogP contribution is 2.19. The molecule has 3 heteroatoms. The standard InChI is InChI=1S/C17H27FO2/c1-3-4-5-6-7-8-9-15(19)12-14-10-11-17(20-2)16(18)13-14/h10-11,13,15,19H,3-9,12H2,1-2H3. The van der Waals surface area contributed by atoms with Crippen molar-refractivity contribution in [3.63, 3.8) is 0 Å². The molecule has 1 rings (SSSR count). The van der Waals surface area contributed by atoms with Gasteiger partial charge in [0.05, 0.1) is 13.2 Å². The van der Waals surface area contributed by atoms with E-state index < -0.39 is 0 Å². The summed E-state index contributed by atoms with van der Waals surface area (Å²) in [4.78, 5) is 0. The molecular formula is C17H27FO2. The third kappa shape index (κ3) is 6.38. The van der Waals surface area contributed by atoms with E-state index >= 15 is 0 Å². The summed E-state index contributed by atoms with van der Waals surface area (Å²) in [6.07, 6.45) is 8.23. The van der Waals surface area contributed by atoms with Crippen LogP contribution in [0.3, 0.4) is 0 Å². The number of hydrogen-bond donors (Lipinski definition) is 1. The van der Waals surface area contributed by atoms with Gasteiger partial charge in [0.2, 0.25) is 0 Å². The van der Waals surface area contributed by atoms with Crippen LogP contribution < -0.4 is 4.74 Å². The predicted molar refractivity (Wildman–Crippen MR) is 80.7 cm³/mol.